The molecule has 1 aromatic carbocycles. The van der Waals surface area contributed by atoms with Gasteiger partial charge in [0.15, 0.2) is 5.60 Å². The zero-order chi connectivity index (χ0) is 21.4. The zero-order valence-corrected chi connectivity index (χ0v) is 16.0. The summed E-state index contributed by atoms with van der Waals surface area (Å²) in [6.45, 7) is 2.33. The molecule has 1 atom stereocenters. The monoisotopic (exact) mass is 410 g/mol. The number of anilines is 1. The fourth-order valence-electron chi connectivity index (χ4n) is 3.78. The van der Waals surface area contributed by atoms with Crippen molar-refractivity contribution >= 4 is 11.8 Å². The summed E-state index contributed by atoms with van der Waals surface area (Å²) in [6.07, 6.45) is -0.783. The van der Waals surface area contributed by atoms with Gasteiger partial charge in [0.05, 0.1) is 17.9 Å². The van der Waals surface area contributed by atoms with Gasteiger partial charge in [0.25, 0.3) is 0 Å². The fraction of sp³-hybridized carbons (Fsp3) is 0.381. The van der Waals surface area contributed by atoms with Gasteiger partial charge >= 0.3 is 6.18 Å². The molecule has 0 amide bonds. The molecule has 0 bridgehead atoms. The molecule has 0 saturated heterocycles. The Morgan fingerprint density at radius 2 is 1.90 bits per heavy atom. The normalized spacial score (nSPS) is 16.4. The van der Waals surface area contributed by atoms with Gasteiger partial charge in [0.1, 0.15) is 11.6 Å². The third-order valence-corrected chi connectivity index (χ3v) is 5.16. The lowest BCUT2D eigenvalue weighted by Crippen LogP contribution is -2.56. The first-order valence-corrected chi connectivity index (χ1v) is 9.08. The van der Waals surface area contributed by atoms with Crippen molar-refractivity contribution in [3.8, 4) is 5.75 Å². The molecule has 1 aliphatic heterocycles. The number of alkyl halides is 3. The highest BCUT2D eigenvalue weighted by atomic mass is 19.4. The molecule has 8 heteroatoms. The van der Waals surface area contributed by atoms with Crippen molar-refractivity contribution in [3.05, 3.63) is 59.7 Å². The van der Waals surface area contributed by atoms with Crippen molar-refractivity contribution in [3.63, 3.8) is 0 Å². The van der Waals surface area contributed by atoms with E-state index in [0.717, 1.165) is 18.2 Å². The molecule has 4 nitrogen and oxygen atoms in total. The summed E-state index contributed by atoms with van der Waals surface area (Å²) >= 11 is 0. The van der Waals surface area contributed by atoms with E-state index >= 15 is 0 Å². The molecule has 2 heterocycles. The van der Waals surface area contributed by atoms with Gasteiger partial charge in [-0.05, 0) is 48.2 Å². The Morgan fingerprint density at radius 3 is 2.59 bits per heavy atom. The molecule has 1 aliphatic rings. The number of aromatic nitrogens is 1. The van der Waals surface area contributed by atoms with E-state index < -0.39 is 36.0 Å². The Labute approximate surface area is 166 Å². The Bertz CT molecular complexity index is 927. The topological polar surface area (TPSA) is 56.6 Å². The van der Waals surface area contributed by atoms with Crippen LogP contribution in [0.2, 0.25) is 0 Å². The molecule has 2 aromatic rings. The Kier molecular flexibility index (Phi) is 5.34. The van der Waals surface area contributed by atoms with E-state index in [4.69, 9.17) is 0 Å². The summed E-state index contributed by atoms with van der Waals surface area (Å²) in [4.78, 5) is 5.55. The van der Waals surface area contributed by atoms with Gasteiger partial charge in [0.2, 0.25) is 0 Å². The molecule has 156 valence electrons. The van der Waals surface area contributed by atoms with Gasteiger partial charge in [-0.2, -0.15) is 13.2 Å². The van der Waals surface area contributed by atoms with Crippen LogP contribution in [0.15, 0.2) is 42.6 Å². The Hall–Kier alpha value is -2.61. The minimum atomic E-state index is -4.95. The molecular formula is C21H22F4N2O2. The molecule has 0 saturated carbocycles. The van der Waals surface area contributed by atoms with Crippen molar-refractivity contribution < 1.29 is 27.8 Å². The van der Waals surface area contributed by atoms with Gasteiger partial charge in [-0.3, -0.25) is 4.98 Å². The highest BCUT2D eigenvalue weighted by Gasteiger charge is 2.57. The maximum absolute atomic E-state index is 14.0. The van der Waals surface area contributed by atoms with Crippen LogP contribution in [0.4, 0.5) is 23.2 Å². The predicted molar refractivity (Wildman–Crippen MR) is 102 cm³/mol. The van der Waals surface area contributed by atoms with Crippen molar-refractivity contribution in [2.24, 2.45) is 0 Å². The third-order valence-electron chi connectivity index (χ3n) is 5.16. The van der Waals surface area contributed by atoms with Crippen LogP contribution in [0.1, 0.15) is 31.5 Å². The van der Waals surface area contributed by atoms with Gasteiger partial charge in [-0.15, -0.1) is 0 Å². The van der Waals surface area contributed by atoms with Crippen molar-refractivity contribution in [2.75, 3.05) is 18.0 Å². The molecule has 0 spiro atoms. The van der Waals surface area contributed by atoms with Crippen molar-refractivity contribution in [1.29, 1.82) is 0 Å². The summed E-state index contributed by atoms with van der Waals surface area (Å²) in [5.74, 6) is -1.00. The number of benzene rings is 1. The molecule has 0 fully saturated rings. The highest BCUT2D eigenvalue weighted by Crippen LogP contribution is 2.44. The molecule has 2 N–H and O–H groups in total. The lowest BCUT2D eigenvalue weighted by Gasteiger charge is -2.42. The minimum Gasteiger partial charge on any atom is -0.508 e. The summed E-state index contributed by atoms with van der Waals surface area (Å²) in [5, 5.41) is 20.9. The van der Waals surface area contributed by atoms with E-state index in [-0.39, 0.29) is 17.9 Å². The smallest absolute Gasteiger partial charge is 0.418 e. The lowest BCUT2D eigenvalue weighted by molar-refractivity contribution is -0.262. The van der Waals surface area contributed by atoms with Gasteiger partial charge in [-0.25, -0.2) is 4.39 Å². The number of hydrogen-bond acceptors (Lipinski definition) is 4. The number of rotatable bonds is 5. The second-order valence-corrected chi connectivity index (χ2v) is 7.94. The maximum Gasteiger partial charge on any atom is 0.418 e. The Morgan fingerprint density at radius 1 is 1.17 bits per heavy atom. The highest BCUT2D eigenvalue weighted by molar-refractivity contribution is 5.68. The van der Waals surface area contributed by atoms with Crippen LogP contribution in [0.5, 0.6) is 5.75 Å². The van der Waals surface area contributed by atoms with E-state index in [0.29, 0.717) is 11.4 Å². The number of nitrogens with zero attached hydrogens (tertiary/aromatic N) is 2. The number of aliphatic hydroxyl groups is 1. The molecule has 29 heavy (non-hydrogen) atoms. The van der Waals surface area contributed by atoms with Crippen LogP contribution in [-0.4, -0.2) is 40.1 Å². The second-order valence-electron chi connectivity index (χ2n) is 7.94. The SMILES string of the molecule is CC(C)(CC(O)(CN1CC=Cc2ncccc21)C(F)(F)F)c1cc(F)ccc1O. The first-order valence-electron chi connectivity index (χ1n) is 9.08. The van der Waals surface area contributed by atoms with E-state index in [2.05, 4.69) is 4.98 Å². The number of aromatic hydroxyl groups is 1. The number of β-amino-alcohol motifs (C(OH)–C–C–N with tert-alkyl or cyclic N) is 1. The lowest BCUT2D eigenvalue weighted by atomic mass is 9.74. The number of phenolic OH excluding ortho intramolecular Hbond substituents is 1. The largest absolute Gasteiger partial charge is 0.508 e. The quantitative estimate of drug-likeness (QED) is 0.717. The first-order chi connectivity index (χ1) is 13.4. The van der Waals surface area contributed by atoms with Gasteiger partial charge in [0, 0.05) is 18.3 Å². The number of phenols is 1. The minimum absolute atomic E-state index is 0.000724. The molecule has 1 unspecified atom stereocenters. The average molecular weight is 410 g/mol. The molecule has 0 radical (unpaired) electrons. The molecule has 0 aliphatic carbocycles. The van der Waals surface area contributed by atoms with Crippen LogP contribution in [0.25, 0.3) is 6.08 Å². The molecule has 3 rings (SSSR count). The maximum atomic E-state index is 14.0. The van der Waals surface area contributed by atoms with Crippen LogP contribution in [-0.2, 0) is 5.41 Å². The number of halogens is 4. The fourth-order valence-corrected chi connectivity index (χ4v) is 3.78. The van der Waals surface area contributed by atoms with Crippen LogP contribution < -0.4 is 4.90 Å². The number of fused-ring (bicyclic) bond motifs is 1. The summed E-state index contributed by atoms with van der Waals surface area (Å²) in [6, 6.07) is 6.37. The summed E-state index contributed by atoms with van der Waals surface area (Å²) in [7, 11) is 0. The standard InChI is InChI=1S/C21H22F4N2O2/c1-19(2,15-11-14(22)7-8-18(15)28)12-20(29,21(23,24)25)13-27-10-4-5-16-17(27)6-3-9-26-16/h3-9,11,28-29H,10,12-13H2,1-2H3. The summed E-state index contributed by atoms with van der Waals surface area (Å²) in [5.41, 5.74) is -3.46. The zero-order valence-electron chi connectivity index (χ0n) is 16.0. The van der Waals surface area contributed by atoms with E-state index in [1.165, 1.54) is 18.7 Å². The van der Waals surface area contributed by atoms with Crippen LogP contribution >= 0.6 is 0 Å². The third kappa shape index (κ3) is 4.22. The van der Waals surface area contributed by atoms with Crippen molar-refractivity contribution in [2.45, 2.75) is 37.5 Å². The van der Waals surface area contributed by atoms with E-state index in [1.807, 2.05) is 0 Å². The summed E-state index contributed by atoms with van der Waals surface area (Å²) < 4.78 is 55.7. The average Bonchev–Trinajstić information content (AvgIpc) is 2.62. The van der Waals surface area contributed by atoms with Gasteiger partial charge in [-0.1, -0.05) is 19.9 Å². The Balaban J connectivity index is 1.96. The number of pyridine rings is 1. The number of hydrogen-bond donors (Lipinski definition) is 2. The van der Waals surface area contributed by atoms with Crippen LogP contribution in [0, 0.1) is 5.82 Å². The predicted octanol–water partition coefficient (Wildman–Crippen LogP) is 4.42. The molecule has 1 aromatic heterocycles. The van der Waals surface area contributed by atoms with Crippen molar-refractivity contribution in [1.82, 2.24) is 4.98 Å². The first kappa shape index (κ1) is 21.1. The van der Waals surface area contributed by atoms with Crippen LogP contribution in [0.3, 0.4) is 0 Å². The second kappa shape index (κ2) is 7.33. The van der Waals surface area contributed by atoms with Gasteiger partial charge < -0.3 is 15.1 Å². The van der Waals surface area contributed by atoms with E-state index in [1.54, 1.807) is 30.5 Å². The molecular weight excluding hydrogens is 388 g/mol. The van der Waals surface area contributed by atoms with E-state index in [9.17, 15) is 27.8 Å².